The van der Waals surface area contributed by atoms with Crippen LogP contribution in [-0.2, 0) is 6.42 Å². The molecule has 0 aromatic carbocycles. The molecule has 2 aromatic heterocycles. The molecule has 2 heterocycles. The van der Waals surface area contributed by atoms with Crippen molar-refractivity contribution >= 4 is 11.2 Å². The Morgan fingerprint density at radius 1 is 1.29 bits per heavy atom. The summed E-state index contributed by atoms with van der Waals surface area (Å²) in [6.07, 6.45) is 6.40. The molecule has 0 unspecified atom stereocenters. The first-order chi connectivity index (χ1) is 8.07. The summed E-state index contributed by atoms with van der Waals surface area (Å²) in [4.78, 5) is 12.3. The van der Waals surface area contributed by atoms with Crippen LogP contribution in [0.4, 0.5) is 0 Å². The number of nitrogens with two attached hydrogens (primary N) is 1. The van der Waals surface area contributed by atoms with Gasteiger partial charge in [0, 0.05) is 11.7 Å². The maximum absolute atomic E-state index is 6.12. The number of nitrogens with one attached hydrogen (secondary N) is 1. The van der Waals surface area contributed by atoms with Gasteiger partial charge in [-0.05, 0) is 45.1 Å². The molecule has 0 aliphatic heterocycles. The smallest absolute Gasteiger partial charge is 0.156 e. The summed E-state index contributed by atoms with van der Waals surface area (Å²) in [5, 5.41) is 0. The van der Waals surface area contributed by atoms with Gasteiger partial charge >= 0.3 is 0 Å². The first-order valence-electron chi connectivity index (χ1n) is 6.17. The van der Waals surface area contributed by atoms with Crippen LogP contribution < -0.4 is 5.73 Å². The van der Waals surface area contributed by atoms with Crippen LogP contribution in [0.1, 0.15) is 36.2 Å². The van der Waals surface area contributed by atoms with Crippen LogP contribution in [0.25, 0.3) is 11.2 Å². The number of aromatic nitrogens is 3. The molecule has 0 saturated heterocycles. The summed E-state index contributed by atoms with van der Waals surface area (Å²) in [5.41, 5.74) is 11.4. The minimum atomic E-state index is 0.108. The number of aromatic amines is 1. The number of nitrogens with zero attached hydrogens (tertiary/aromatic N) is 2. The normalized spacial score (nSPS) is 17.6. The maximum atomic E-state index is 6.12. The molecule has 1 aliphatic carbocycles. The molecular weight excluding hydrogens is 212 g/mol. The van der Waals surface area contributed by atoms with E-state index in [1.54, 1.807) is 0 Å². The first kappa shape index (κ1) is 10.7. The molecule has 3 N–H and O–H groups in total. The summed E-state index contributed by atoms with van der Waals surface area (Å²) >= 11 is 0. The Kier molecular flexibility index (Phi) is 2.23. The second kappa shape index (κ2) is 3.53. The monoisotopic (exact) mass is 230 g/mol. The number of fused-ring (bicyclic) bond motifs is 1. The van der Waals surface area contributed by atoms with Gasteiger partial charge < -0.3 is 10.7 Å². The van der Waals surface area contributed by atoms with E-state index >= 15 is 0 Å². The van der Waals surface area contributed by atoms with Crippen molar-refractivity contribution in [2.24, 2.45) is 5.73 Å². The van der Waals surface area contributed by atoms with Crippen molar-refractivity contribution in [3.8, 4) is 0 Å². The van der Waals surface area contributed by atoms with Gasteiger partial charge in [0.05, 0.1) is 11.4 Å². The molecular formula is C13H18N4. The largest absolute Gasteiger partial charge is 0.345 e. The highest BCUT2D eigenvalue weighted by Gasteiger charge is 2.37. The fourth-order valence-electron chi connectivity index (χ4n) is 2.14. The molecule has 1 aliphatic rings. The molecule has 17 heavy (non-hydrogen) atoms. The lowest BCUT2D eigenvalue weighted by Gasteiger charge is -2.06. The average Bonchev–Trinajstić information content (AvgIpc) is 2.90. The molecule has 0 radical (unpaired) electrons. The third-order valence-electron chi connectivity index (χ3n) is 3.78. The summed E-state index contributed by atoms with van der Waals surface area (Å²) < 4.78 is 0. The van der Waals surface area contributed by atoms with E-state index in [-0.39, 0.29) is 5.54 Å². The van der Waals surface area contributed by atoms with Gasteiger partial charge in [0.2, 0.25) is 0 Å². The Morgan fingerprint density at radius 2 is 2.00 bits per heavy atom. The lowest BCUT2D eigenvalue weighted by atomic mass is 10.1. The van der Waals surface area contributed by atoms with Crippen molar-refractivity contribution in [2.75, 3.05) is 0 Å². The van der Waals surface area contributed by atoms with Crippen molar-refractivity contribution in [3.63, 3.8) is 0 Å². The molecule has 90 valence electrons. The molecule has 0 bridgehead atoms. The zero-order valence-electron chi connectivity index (χ0n) is 10.4. The summed E-state index contributed by atoms with van der Waals surface area (Å²) in [6.45, 7) is 3.99. The van der Waals surface area contributed by atoms with Gasteiger partial charge in [-0.3, -0.25) is 0 Å². The fraction of sp³-hybridized carbons (Fsp3) is 0.538. The zero-order chi connectivity index (χ0) is 12.0. The van der Waals surface area contributed by atoms with Gasteiger partial charge in [-0.2, -0.15) is 0 Å². The number of hydrogen-bond acceptors (Lipinski definition) is 3. The minimum Gasteiger partial charge on any atom is -0.345 e. The molecule has 0 spiro atoms. The average molecular weight is 230 g/mol. The molecule has 4 heteroatoms. The highest BCUT2D eigenvalue weighted by atomic mass is 14.9. The van der Waals surface area contributed by atoms with E-state index in [1.165, 1.54) is 18.4 Å². The SMILES string of the molecule is Cc1nc2[nH]cc(CCC3(N)CC3)c2nc1C. The predicted octanol–water partition coefficient (Wildman–Crippen LogP) is 2.00. The van der Waals surface area contributed by atoms with Crippen molar-refractivity contribution in [3.05, 3.63) is 23.1 Å². The van der Waals surface area contributed by atoms with Crippen molar-refractivity contribution in [2.45, 2.75) is 45.1 Å². The van der Waals surface area contributed by atoms with E-state index in [0.29, 0.717) is 0 Å². The summed E-state index contributed by atoms with van der Waals surface area (Å²) in [7, 11) is 0. The van der Waals surface area contributed by atoms with Gasteiger partial charge in [0.1, 0.15) is 5.52 Å². The van der Waals surface area contributed by atoms with E-state index < -0.39 is 0 Å². The van der Waals surface area contributed by atoms with Gasteiger partial charge in [-0.15, -0.1) is 0 Å². The van der Waals surface area contributed by atoms with Crippen LogP contribution in [0, 0.1) is 13.8 Å². The van der Waals surface area contributed by atoms with Gasteiger partial charge in [-0.1, -0.05) is 0 Å². The number of hydrogen-bond donors (Lipinski definition) is 2. The second-order valence-electron chi connectivity index (χ2n) is 5.27. The third-order valence-corrected chi connectivity index (χ3v) is 3.78. The highest BCUT2D eigenvalue weighted by molar-refractivity contribution is 5.75. The maximum Gasteiger partial charge on any atom is 0.156 e. The fourth-order valence-corrected chi connectivity index (χ4v) is 2.14. The van der Waals surface area contributed by atoms with Crippen LogP contribution in [0.5, 0.6) is 0 Å². The van der Waals surface area contributed by atoms with Crippen LogP contribution in [0.2, 0.25) is 0 Å². The molecule has 4 nitrogen and oxygen atoms in total. The summed E-state index contributed by atoms with van der Waals surface area (Å²) in [5.74, 6) is 0. The zero-order valence-corrected chi connectivity index (χ0v) is 10.4. The van der Waals surface area contributed by atoms with E-state index in [2.05, 4.69) is 15.0 Å². The molecule has 3 rings (SSSR count). The Hall–Kier alpha value is -1.42. The lowest BCUT2D eigenvalue weighted by Crippen LogP contribution is -2.22. The molecule has 1 fully saturated rings. The first-order valence-corrected chi connectivity index (χ1v) is 6.17. The minimum absolute atomic E-state index is 0.108. The Balaban J connectivity index is 1.91. The molecule has 2 aromatic rings. The molecule has 0 amide bonds. The quantitative estimate of drug-likeness (QED) is 0.847. The Bertz CT molecular complexity index is 566. The van der Waals surface area contributed by atoms with E-state index in [4.69, 9.17) is 5.73 Å². The van der Waals surface area contributed by atoms with E-state index in [1.807, 2.05) is 20.0 Å². The lowest BCUT2D eigenvalue weighted by molar-refractivity contribution is 0.610. The van der Waals surface area contributed by atoms with Crippen molar-refractivity contribution < 1.29 is 0 Å². The van der Waals surface area contributed by atoms with Gasteiger partial charge in [-0.25, -0.2) is 9.97 Å². The van der Waals surface area contributed by atoms with Crippen LogP contribution in [0.15, 0.2) is 6.20 Å². The Labute approximate surface area is 101 Å². The molecule has 1 saturated carbocycles. The van der Waals surface area contributed by atoms with Crippen molar-refractivity contribution in [1.82, 2.24) is 15.0 Å². The predicted molar refractivity (Wildman–Crippen MR) is 67.8 cm³/mol. The van der Waals surface area contributed by atoms with Crippen LogP contribution in [0.3, 0.4) is 0 Å². The van der Waals surface area contributed by atoms with Crippen molar-refractivity contribution in [1.29, 1.82) is 0 Å². The number of rotatable bonds is 3. The van der Waals surface area contributed by atoms with E-state index in [0.717, 1.165) is 35.4 Å². The topological polar surface area (TPSA) is 67.6 Å². The Morgan fingerprint density at radius 3 is 2.71 bits per heavy atom. The van der Waals surface area contributed by atoms with Gasteiger partial charge in [0.25, 0.3) is 0 Å². The second-order valence-corrected chi connectivity index (χ2v) is 5.27. The van der Waals surface area contributed by atoms with Gasteiger partial charge in [0.15, 0.2) is 5.65 Å². The van der Waals surface area contributed by atoms with Crippen LogP contribution >= 0.6 is 0 Å². The molecule has 0 atom stereocenters. The van der Waals surface area contributed by atoms with Crippen LogP contribution in [-0.4, -0.2) is 20.5 Å². The third kappa shape index (κ3) is 1.93. The number of H-pyrrole nitrogens is 1. The number of aryl methyl sites for hydroxylation is 3. The summed E-state index contributed by atoms with van der Waals surface area (Å²) in [6, 6.07) is 0. The standard InChI is InChI=1S/C13H18N4/c1-8-9(2)17-12-11(16-8)10(7-15-12)3-4-13(14)5-6-13/h7H,3-6,14H2,1-2H3,(H,15,17). The van der Waals surface area contributed by atoms with E-state index in [9.17, 15) is 0 Å². The highest BCUT2D eigenvalue weighted by Crippen LogP contribution is 2.37.